The van der Waals surface area contributed by atoms with Gasteiger partial charge in [-0.05, 0) is 6.07 Å². The van der Waals surface area contributed by atoms with Gasteiger partial charge in [0.05, 0.1) is 5.39 Å². The average molecular weight is 211 g/mol. The van der Waals surface area contributed by atoms with Gasteiger partial charge in [-0.25, -0.2) is 8.78 Å². The highest BCUT2D eigenvalue weighted by molar-refractivity contribution is 5.78. The molecular formula is C11H11F2NO. The van der Waals surface area contributed by atoms with Crippen molar-refractivity contribution in [2.75, 3.05) is 6.54 Å². The molecule has 1 aromatic carbocycles. The van der Waals surface area contributed by atoms with Crippen molar-refractivity contribution >= 4 is 11.0 Å². The Morgan fingerprint density at radius 3 is 2.73 bits per heavy atom. The lowest BCUT2D eigenvalue weighted by Gasteiger charge is -2.01. The van der Waals surface area contributed by atoms with E-state index in [9.17, 15) is 8.78 Å². The SMILES string of the molecule is CC(CN)c1cc2c(F)cc(F)cc2o1. The van der Waals surface area contributed by atoms with Crippen LogP contribution in [0.25, 0.3) is 11.0 Å². The van der Waals surface area contributed by atoms with Crippen molar-refractivity contribution in [1.29, 1.82) is 0 Å². The van der Waals surface area contributed by atoms with Crippen LogP contribution >= 0.6 is 0 Å². The van der Waals surface area contributed by atoms with Gasteiger partial charge < -0.3 is 10.2 Å². The van der Waals surface area contributed by atoms with Gasteiger partial charge in [0.15, 0.2) is 0 Å². The molecule has 80 valence electrons. The van der Waals surface area contributed by atoms with E-state index in [4.69, 9.17) is 10.2 Å². The van der Waals surface area contributed by atoms with Gasteiger partial charge in [0, 0.05) is 24.6 Å². The summed E-state index contributed by atoms with van der Waals surface area (Å²) in [5.41, 5.74) is 5.69. The molecule has 2 nitrogen and oxygen atoms in total. The quantitative estimate of drug-likeness (QED) is 0.829. The maximum atomic E-state index is 13.3. The van der Waals surface area contributed by atoms with Crippen molar-refractivity contribution < 1.29 is 13.2 Å². The van der Waals surface area contributed by atoms with Crippen LogP contribution in [0.4, 0.5) is 8.78 Å². The van der Waals surface area contributed by atoms with E-state index < -0.39 is 11.6 Å². The van der Waals surface area contributed by atoms with Crippen LogP contribution in [0, 0.1) is 11.6 Å². The monoisotopic (exact) mass is 211 g/mol. The lowest BCUT2D eigenvalue weighted by atomic mass is 10.1. The minimum absolute atomic E-state index is 0.000128. The molecule has 2 N–H and O–H groups in total. The van der Waals surface area contributed by atoms with Crippen LogP contribution in [-0.2, 0) is 0 Å². The maximum Gasteiger partial charge on any atom is 0.140 e. The number of hydrogen-bond acceptors (Lipinski definition) is 2. The molecule has 1 heterocycles. The molecule has 0 bridgehead atoms. The number of nitrogens with two attached hydrogens (primary N) is 1. The third-order valence-electron chi connectivity index (χ3n) is 2.41. The predicted molar refractivity (Wildman–Crippen MR) is 53.6 cm³/mol. The van der Waals surface area contributed by atoms with E-state index in [2.05, 4.69) is 0 Å². The van der Waals surface area contributed by atoms with Gasteiger partial charge in [0.1, 0.15) is 23.0 Å². The molecule has 0 spiro atoms. The second-order valence-corrected chi connectivity index (χ2v) is 3.58. The molecule has 0 radical (unpaired) electrons. The molecule has 1 aromatic heterocycles. The smallest absolute Gasteiger partial charge is 0.140 e. The van der Waals surface area contributed by atoms with Gasteiger partial charge >= 0.3 is 0 Å². The summed E-state index contributed by atoms with van der Waals surface area (Å²) in [6.45, 7) is 2.27. The topological polar surface area (TPSA) is 39.2 Å². The normalized spacial score (nSPS) is 13.3. The lowest BCUT2D eigenvalue weighted by molar-refractivity contribution is 0.506. The zero-order valence-corrected chi connectivity index (χ0v) is 8.26. The molecule has 0 saturated carbocycles. The summed E-state index contributed by atoms with van der Waals surface area (Å²) in [6.07, 6.45) is 0. The molecule has 0 fully saturated rings. The molecule has 2 aromatic rings. The number of furan rings is 1. The van der Waals surface area contributed by atoms with Crippen molar-refractivity contribution in [3.63, 3.8) is 0 Å². The van der Waals surface area contributed by atoms with E-state index in [0.29, 0.717) is 17.7 Å². The van der Waals surface area contributed by atoms with E-state index >= 15 is 0 Å². The van der Waals surface area contributed by atoms with Gasteiger partial charge in [-0.1, -0.05) is 6.92 Å². The molecule has 4 heteroatoms. The van der Waals surface area contributed by atoms with E-state index in [1.165, 1.54) is 6.07 Å². The Morgan fingerprint density at radius 1 is 1.33 bits per heavy atom. The highest BCUT2D eigenvalue weighted by Crippen LogP contribution is 2.27. The predicted octanol–water partition coefficient (Wildman–Crippen LogP) is 2.77. The lowest BCUT2D eigenvalue weighted by Crippen LogP contribution is -2.07. The minimum Gasteiger partial charge on any atom is -0.461 e. The molecule has 0 saturated heterocycles. The Labute approximate surface area is 85.7 Å². The first-order chi connectivity index (χ1) is 7.11. The molecular weight excluding hydrogens is 200 g/mol. The molecule has 2 rings (SSSR count). The molecule has 0 aliphatic heterocycles. The van der Waals surface area contributed by atoms with Crippen molar-refractivity contribution in [3.8, 4) is 0 Å². The number of rotatable bonds is 2. The summed E-state index contributed by atoms with van der Waals surface area (Å²) in [4.78, 5) is 0. The largest absolute Gasteiger partial charge is 0.461 e. The van der Waals surface area contributed by atoms with E-state index in [-0.39, 0.29) is 11.5 Å². The van der Waals surface area contributed by atoms with Crippen LogP contribution in [0.5, 0.6) is 0 Å². The third-order valence-corrected chi connectivity index (χ3v) is 2.41. The average Bonchev–Trinajstić information content (AvgIpc) is 2.60. The number of hydrogen-bond donors (Lipinski definition) is 1. The summed E-state index contributed by atoms with van der Waals surface area (Å²) < 4.78 is 31.5. The van der Waals surface area contributed by atoms with Gasteiger partial charge in [0.25, 0.3) is 0 Å². The summed E-state index contributed by atoms with van der Waals surface area (Å²) in [5, 5.41) is 0.298. The fourth-order valence-electron chi connectivity index (χ4n) is 1.44. The zero-order chi connectivity index (χ0) is 11.0. The van der Waals surface area contributed by atoms with Crippen molar-refractivity contribution in [2.45, 2.75) is 12.8 Å². The first-order valence-electron chi connectivity index (χ1n) is 4.70. The van der Waals surface area contributed by atoms with Crippen LogP contribution in [0.1, 0.15) is 18.6 Å². The van der Waals surface area contributed by atoms with Crippen LogP contribution in [0.15, 0.2) is 22.6 Å². The van der Waals surface area contributed by atoms with Crippen LogP contribution in [0.2, 0.25) is 0 Å². The first-order valence-corrected chi connectivity index (χ1v) is 4.70. The summed E-state index contributed by atoms with van der Waals surface area (Å²) in [7, 11) is 0. The highest BCUT2D eigenvalue weighted by atomic mass is 19.1. The Kier molecular flexibility index (Phi) is 2.44. The third kappa shape index (κ3) is 1.72. The van der Waals surface area contributed by atoms with Crippen molar-refractivity contribution in [3.05, 3.63) is 35.6 Å². The molecule has 0 aliphatic rings. The van der Waals surface area contributed by atoms with Gasteiger partial charge in [0.2, 0.25) is 0 Å². The fourth-order valence-corrected chi connectivity index (χ4v) is 1.44. The van der Waals surface area contributed by atoms with Crippen LogP contribution in [0.3, 0.4) is 0 Å². The highest BCUT2D eigenvalue weighted by Gasteiger charge is 2.13. The molecule has 0 aliphatic carbocycles. The standard InChI is InChI=1S/C11H11F2NO/c1-6(5-14)10-4-8-9(13)2-7(12)3-11(8)15-10/h2-4,6H,5,14H2,1H3. The van der Waals surface area contributed by atoms with Crippen LogP contribution < -0.4 is 5.73 Å². The van der Waals surface area contributed by atoms with Crippen molar-refractivity contribution in [1.82, 2.24) is 0 Å². The molecule has 15 heavy (non-hydrogen) atoms. The van der Waals surface area contributed by atoms with Crippen molar-refractivity contribution in [2.24, 2.45) is 5.73 Å². The number of benzene rings is 1. The fraction of sp³-hybridized carbons (Fsp3) is 0.273. The van der Waals surface area contributed by atoms with E-state index in [0.717, 1.165) is 6.07 Å². The number of fused-ring (bicyclic) bond motifs is 1. The Hall–Kier alpha value is -1.42. The van der Waals surface area contributed by atoms with Gasteiger partial charge in [-0.2, -0.15) is 0 Å². The van der Waals surface area contributed by atoms with Gasteiger partial charge in [-0.3, -0.25) is 0 Å². The maximum absolute atomic E-state index is 13.3. The molecule has 1 unspecified atom stereocenters. The minimum atomic E-state index is -0.638. The van der Waals surface area contributed by atoms with E-state index in [1.807, 2.05) is 6.92 Å². The van der Waals surface area contributed by atoms with Crippen LogP contribution in [-0.4, -0.2) is 6.54 Å². The van der Waals surface area contributed by atoms with Gasteiger partial charge in [-0.15, -0.1) is 0 Å². The van der Waals surface area contributed by atoms with E-state index in [1.54, 1.807) is 6.07 Å². The summed E-state index contributed by atoms with van der Waals surface area (Å²) in [5.74, 6) is -0.664. The molecule has 0 amide bonds. The second-order valence-electron chi connectivity index (χ2n) is 3.58. The summed E-state index contributed by atoms with van der Waals surface area (Å²) >= 11 is 0. The summed E-state index contributed by atoms with van der Waals surface area (Å²) in [6, 6.07) is 3.58. The Bertz CT molecular complexity index is 493. The second kappa shape index (κ2) is 3.62. The first kappa shape index (κ1) is 10.1. The Morgan fingerprint density at radius 2 is 2.07 bits per heavy atom. The Balaban J connectivity index is 2.60. The molecule has 1 atom stereocenters. The number of halogens is 2. The zero-order valence-electron chi connectivity index (χ0n) is 8.26.